The highest BCUT2D eigenvalue weighted by Crippen LogP contribution is 2.43. The van der Waals surface area contributed by atoms with E-state index in [-0.39, 0.29) is 23.0 Å². The molecular weight excluding hydrogens is 344 g/mol. The third-order valence-electron chi connectivity index (χ3n) is 4.34. The number of nitrogens with zero attached hydrogens (tertiary/aromatic N) is 3. The fourth-order valence-electron chi connectivity index (χ4n) is 2.67. The quantitative estimate of drug-likeness (QED) is 0.573. The summed E-state index contributed by atoms with van der Waals surface area (Å²) >= 11 is 0. The Balaban J connectivity index is 0.000000505. The van der Waals surface area contributed by atoms with Crippen LogP contribution in [-0.4, -0.2) is 39.4 Å². The van der Waals surface area contributed by atoms with E-state index in [1.165, 1.54) is 14.2 Å². The lowest BCUT2D eigenvalue weighted by atomic mass is 9.63. The van der Waals surface area contributed by atoms with Crippen molar-refractivity contribution in [3.05, 3.63) is 5.82 Å². The van der Waals surface area contributed by atoms with Gasteiger partial charge >= 0.3 is 12.0 Å². The molecule has 2 rings (SSSR count). The van der Waals surface area contributed by atoms with E-state index in [0.29, 0.717) is 5.82 Å². The molecular formula is C13H23ClN4O6. The van der Waals surface area contributed by atoms with Crippen LogP contribution in [0.2, 0.25) is 0 Å². The Morgan fingerprint density at radius 2 is 1.42 bits per heavy atom. The summed E-state index contributed by atoms with van der Waals surface area (Å²) in [5.41, 5.74) is 5.85. The number of aromatic nitrogens is 3. The molecule has 10 nitrogen and oxygen atoms in total. The van der Waals surface area contributed by atoms with Gasteiger partial charge in [-0.15, -0.1) is 4.98 Å². The minimum atomic E-state index is -4.69. The van der Waals surface area contributed by atoms with Crippen molar-refractivity contribution in [1.29, 1.82) is 0 Å². The Bertz CT molecular complexity index is 526. The van der Waals surface area contributed by atoms with Crippen LogP contribution in [0.3, 0.4) is 0 Å². The highest BCUT2D eigenvalue weighted by atomic mass is 35.7. The molecule has 0 saturated heterocycles. The van der Waals surface area contributed by atoms with Gasteiger partial charge in [0.05, 0.1) is 29.1 Å². The smallest absolute Gasteiger partial charge is 0.322 e. The van der Waals surface area contributed by atoms with Crippen LogP contribution in [0.4, 0.5) is 0 Å². The molecule has 1 fully saturated rings. The van der Waals surface area contributed by atoms with Crippen LogP contribution in [0.15, 0.2) is 0 Å². The van der Waals surface area contributed by atoms with Gasteiger partial charge in [0.15, 0.2) is 0 Å². The molecule has 1 saturated carbocycles. The molecule has 1 heterocycles. The van der Waals surface area contributed by atoms with Gasteiger partial charge in [0.1, 0.15) is 5.82 Å². The summed E-state index contributed by atoms with van der Waals surface area (Å²) in [4.78, 5) is 12.8. The van der Waals surface area contributed by atoms with E-state index in [2.05, 4.69) is 28.8 Å². The van der Waals surface area contributed by atoms with E-state index < -0.39 is 10.2 Å². The third-order valence-corrected chi connectivity index (χ3v) is 4.34. The molecule has 11 heteroatoms. The number of ether oxygens (including phenoxy) is 2. The summed E-state index contributed by atoms with van der Waals surface area (Å²) in [6.45, 7) is 4.18. The van der Waals surface area contributed by atoms with Crippen LogP contribution in [0.1, 0.15) is 45.4 Å². The number of hydrogen-bond acceptors (Lipinski definition) is 10. The monoisotopic (exact) mass is 366 g/mol. The summed E-state index contributed by atoms with van der Waals surface area (Å²) < 4.78 is 43.0. The first-order valence-electron chi connectivity index (χ1n) is 7.19. The van der Waals surface area contributed by atoms with Crippen molar-refractivity contribution in [3.63, 3.8) is 0 Å². The van der Waals surface area contributed by atoms with E-state index in [0.717, 1.165) is 25.7 Å². The molecule has 0 aromatic carbocycles. The molecule has 0 amide bonds. The van der Waals surface area contributed by atoms with Gasteiger partial charge in [0.2, 0.25) is 0 Å². The van der Waals surface area contributed by atoms with Crippen LogP contribution >= 0.6 is 0 Å². The maximum Gasteiger partial charge on any atom is 0.322 e. The molecule has 3 N–H and O–H groups in total. The maximum absolute atomic E-state index is 8.60. The molecule has 2 atom stereocenters. The van der Waals surface area contributed by atoms with Gasteiger partial charge in [-0.05, 0) is 19.8 Å². The summed E-state index contributed by atoms with van der Waals surface area (Å²) in [5, 5.41) is 0. The summed E-state index contributed by atoms with van der Waals surface area (Å²) in [7, 11) is -1.63. The summed E-state index contributed by atoms with van der Waals surface area (Å²) in [6, 6.07) is 0.536. The number of halogens is 1. The van der Waals surface area contributed by atoms with Crippen LogP contribution in [0, 0.1) is 10.2 Å². The van der Waals surface area contributed by atoms with E-state index in [4.69, 9.17) is 33.8 Å². The number of nitrogens with two attached hydrogens (primary N) is 1. The van der Waals surface area contributed by atoms with Gasteiger partial charge < -0.3 is 15.2 Å². The zero-order chi connectivity index (χ0) is 18.6. The van der Waals surface area contributed by atoms with Crippen molar-refractivity contribution >= 4 is 0 Å². The lowest BCUT2D eigenvalue weighted by molar-refractivity contribution is -1.92. The van der Waals surface area contributed by atoms with E-state index >= 15 is 0 Å². The Kier molecular flexibility index (Phi) is 6.67. The van der Waals surface area contributed by atoms with Crippen LogP contribution < -0.4 is 29.2 Å². The van der Waals surface area contributed by atoms with Gasteiger partial charge in [-0.3, -0.25) is 0 Å². The molecule has 1 aromatic rings. The minimum absolute atomic E-state index is 0.268. The van der Waals surface area contributed by atoms with Crippen LogP contribution in [-0.2, 0) is 5.41 Å². The Labute approximate surface area is 142 Å². The minimum Gasteiger partial charge on any atom is -0.467 e. The first kappa shape index (κ1) is 20.7. The van der Waals surface area contributed by atoms with E-state index in [1.807, 2.05) is 0 Å². The van der Waals surface area contributed by atoms with Crippen LogP contribution in [0.25, 0.3) is 0 Å². The molecule has 24 heavy (non-hydrogen) atoms. The van der Waals surface area contributed by atoms with E-state index in [1.54, 1.807) is 0 Å². The predicted octanol–water partition coefficient (Wildman–Crippen LogP) is -2.69. The standard InChI is InChI=1S/C13H22N4O2.ClHO4/c1-12(7-5-6-8-13(12,2)14)9-15-10(18-3)17-11(16-9)19-4;2-1(3,4)5/h5-8,14H2,1-4H3;(H,2,3,4,5). The van der Waals surface area contributed by atoms with Crippen molar-refractivity contribution in [2.75, 3.05) is 14.2 Å². The zero-order valence-corrected chi connectivity index (χ0v) is 14.9. The highest BCUT2D eigenvalue weighted by molar-refractivity contribution is 5.21. The number of rotatable bonds is 3. The Morgan fingerprint density at radius 1 is 1.00 bits per heavy atom. The number of methoxy groups -OCH3 is 2. The molecule has 1 aliphatic carbocycles. The zero-order valence-electron chi connectivity index (χ0n) is 14.1. The maximum atomic E-state index is 8.60. The average Bonchev–Trinajstić information content (AvgIpc) is 2.48. The predicted molar refractivity (Wildman–Crippen MR) is 73.6 cm³/mol. The van der Waals surface area contributed by atoms with Gasteiger partial charge in [-0.1, -0.05) is 19.8 Å². The third kappa shape index (κ3) is 5.36. The largest absolute Gasteiger partial charge is 0.467 e. The second-order valence-corrected chi connectivity index (χ2v) is 6.78. The molecule has 1 aromatic heterocycles. The molecule has 2 unspecified atom stereocenters. The van der Waals surface area contributed by atoms with Crippen molar-refractivity contribution in [3.8, 4) is 12.0 Å². The Morgan fingerprint density at radius 3 is 1.79 bits per heavy atom. The van der Waals surface area contributed by atoms with Gasteiger partial charge in [-0.2, -0.15) is 23.9 Å². The second kappa shape index (κ2) is 7.72. The lowest BCUT2D eigenvalue weighted by Crippen LogP contribution is -2.58. The van der Waals surface area contributed by atoms with Crippen molar-refractivity contribution < 1.29 is 38.4 Å². The SMILES string of the molecule is COc1nc(OC)nc(C2(C)CCCCC2(C)N)n1.[O-][Cl+3]([O-])([O-])O. The molecule has 0 radical (unpaired) electrons. The molecule has 138 valence electrons. The van der Waals surface area contributed by atoms with Crippen molar-refractivity contribution in [2.45, 2.75) is 50.5 Å². The van der Waals surface area contributed by atoms with Gasteiger partial charge in [-0.25, -0.2) is 0 Å². The summed E-state index contributed by atoms with van der Waals surface area (Å²) in [6.07, 6.45) is 4.18. The molecule has 0 spiro atoms. The van der Waals surface area contributed by atoms with Gasteiger partial charge in [0.25, 0.3) is 0 Å². The lowest BCUT2D eigenvalue weighted by Gasteiger charge is -2.46. The second-order valence-electron chi connectivity index (χ2n) is 5.99. The molecule has 0 bridgehead atoms. The highest BCUT2D eigenvalue weighted by Gasteiger charge is 2.47. The Hall–Kier alpha value is -1.30. The molecule has 1 aliphatic rings. The van der Waals surface area contributed by atoms with Crippen molar-refractivity contribution in [1.82, 2.24) is 15.0 Å². The average molecular weight is 367 g/mol. The summed E-state index contributed by atoms with van der Waals surface area (Å²) in [5.74, 6) is 0.654. The van der Waals surface area contributed by atoms with E-state index in [9.17, 15) is 0 Å². The molecule has 0 aliphatic heterocycles. The fraction of sp³-hybridized carbons (Fsp3) is 0.769. The normalized spacial score (nSPS) is 27.0. The van der Waals surface area contributed by atoms with Crippen LogP contribution in [0.5, 0.6) is 12.0 Å². The first-order chi connectivity index (χ1) is 10.9. The van der Waals surface area contributed by atoms with Gasteiger partial charge in [0, 0.05) is 11.0 Å². The fourth-order valence-corrected chi connectivity index (χ4v) is 2.67. The first-order valence-corrected chi connectivity index (χ1v) is 8.46. The number of hydrogen-bond donors (Lipinski definition) is 2. The topological polar surface area (TPSA) is 173 Å². The van der Waals surface area contributed by atoms with Crippen molar-refractivity contribution in [2.24, 2.45) is 5.73 Å².